The van der Waals surface area contributed by atoms with Crippen molar-refractivity contribution in [2.24, 2.45) is 11.8 Å². The highest BCUT2D eigenvalue weighted by molar-refractivity contribution is 5.77. The Kier molecular flexibility index (Phi) is 3.84. The van der Waals surface area contributed by atoms with E-state index in [9.17, 15) is 0 Å². The van der Waals surface area contributed by atoms with Gasteiger partial charge in [0.05, 0.1) is 6.04 Å². The molecule has 1 fully saturated rings. The van der Waals surface area contributed by atoms with E-state index >= 15 is 0 Å². The third-order valence-electron chi connectivity index (χ3n) is 5.04. The van der Waals surface area contributed by atoms with Crippen LogP contribution in [0.1, 0.15) is 51.8 Å². The third-order valence-corrected chi connectivity index (χ3v) is 5.04. The molecule has 0 spiro atoms. The van der Waals surface area contributed by atoms with Gasteiger partial charge in [0.1, 0.15) is 11.3 Å². The Morgan fingerprint density at radius 1 is 1.20 bits per heavy atom. The molecular weight excluding hydrogens is 246 g/mol. The maximum Gasteiger partial charge on any atom is 0.134 e. The molecule has 2 aromatic rings. The molecule has 1 aromatic carbocycles. The van der Waals surface area contributed by atoms with Crippen LogP contribution in [0.25, 0.3) is 11.0 Å². The van der Waals surface area contributed by atoms with Gasteiger partial charge in [0.15, 0.2) is 0 Å². The average molecular weight is 271 g/mol. The largest absolute Gasteiger partial charge is 0.459 e. The zero-order chi connectivity index (χ0) is 14.1. The van der Waals surface area contributed by atoms with Crippen LogP contribution < -0.4 is 5.32 Å². The van der Waals surface area contributed by atoms with E-state index in [1.807, 2.05) is 12.1 Å². The van der Waals surface area contributed by atoms with Crippen molar-refractivity contribution < 1.29 is 4.42 Å². The molecule has 1 heterocycles. The first-order valence-corrected chi connectivity index (χ1v) is 7.89. The van der Waals surface area contributed by atoms with Gasteiger partial charge >= 0.3 is 0 Å². The summed E-state index contributed by atoms with van der Waals surface area (Å²) in [5, 5.41) is 4.98. The van der Waals surface area contributed by atoms with Gasteiger partial charge in [0.25, 0.3) is 0 Å². The topological polar surface area (TPSA) is 25.2 Å². The summed E-state index contributed by atoms with van der Waals surface area (Å²) in [4.78, 5) is 0. The predicted octanol–water partition coefficient (Wildman–Crippen LogP) is 4.91. The van der Waals surface area contributed by atoms with Gasteiger partial charge in [0.2, 0.25) is 0 Å². The van der Waals surface area contributed by atoms with Crippen LogP contribution in [0.2, 0.25) is 0 Å². The highest BCUT2D eigenvalue weighted by Gasteiger charge is 2.28. The Morgan fingerprint density at radius 3 is 2.80 bits per heavy atom. The number of fused-ring (bicyclic) bond motifs is 1. The highest BCUT2D eigenvalue weighted by Crippen LogP contribution is 2.32. The van der Waals surface area contributed by atoms with E-state index in [0.717, 1.165) is 23.2 Å². The van der Waals surface area contributed by atoms with Crippen LogP contribution >= 0.6 is 0 Å². The minimum absolute atomic E-state index is 0.278. The number of rotatable bonds is 3. The fraction of sp³-hybridized carbons (Fsp3) is 0.556. The summed E-state index contributed by atoms with van der Waals surface area (Å²) in [5.74, 6) is 2.62. The van der Waals surface area contributed by atoms with E-state index < -0.39 is 0 Å². The molecule has 3 rings (SSSR count). The molecule has 0 saturated heterocycles. The number of nitrogens with one attached hydrogen (secondary N) is 1. The zero-order valence-electron chi connectivity index (χ0n) is 12.7. The molecule has 1 N–H and O–H groups in total. The minimum atomic E-state index is 0.278. The molecule has 0 bridgehead atoms. The fourth-order valence-electron chi connectivity index (χ4n) is 3.44. The molecule has 0 aliphatic heterocycles. The van der Waals surface area contributed by atoms with Crippen LogP contribution in [-0.4, -0.2) is 6.04 Å². The van der Waals surface area contributed by atoms with E-state index in [0.29, 0.717) is 6.04 Å². The molecule has 4 unspecified atom stereocenters. The van der Waals surface area contributed by atoms with Crippen LogP contribution in [-0.2, 0) is 0 Å². The third kappa shape index (κ3) is 2.62. The van der Waals surface area contributed by atoms with Crippen LogP contribution in [0.15, 0.2) is 34.7 Å². The summed E-state index contributed by atoms with van der Waals surface area (Å²) in [6, 6.07) is 11.3. The maximum absolute atomic E-state index is 5.97. The lowest BCUT2D eigenvalue weighted by molar-refractivity contribution is 0.192. The van der Waals surface area contributed by atoms with Gasteiger partial charge in [-0.3, -0.25) is 0 Å². The van der Waals surface area contributed by atoms with Gasteiger partial charge in [-0.15, -0.1) is 0 Å². The second-order valence-corrected chi connectivity index (χ2v) is 6.45. The lowest BCUT2D eigenvalue weighted by Crippen LogP contribution is -2.41. The number of hydrogen-bond donors (Lipinski definition) is 1. The van der Waals surface area contributed by atoms with Crippen LogP contribution in [0.5, 0.6) is 0 Å². The minimum Gasteiger partial charge on any atom is -0.459 e. The van der Waals surface area contributed by atoms with Crippen molar-refractivity contribution in [2.45, 2.75) is 52.1 Å². The zero-order valence-corrected chi connectivity index (χ0v) is 12.7. The van der Waals surface area contributed by atoms with Gasteiger partial charge in [-0.05, 0) is 37.3 Å². The van der Waals surface area contributed by atoms with Gasteiger partial charge < -0.3 is 9.73 Å². The van der Waals surface area contributed by atoms with Gasteiger partial charge in [0, 0.05) is 11.4 Å². The molecule has 1 saturated carbocycles. The molecule has 2 nitrogen and oxygen atoms in total. The molecule has 0 radical (unpaired) electrons. The standard InChI is InChI=1S/C18H25NO/c1-12-7-6-9-16(13(12)2)19-14(3)18-11-15-8-4-5-10-17(15)20-18/h4-5,8,10-14,16,19H,6-7,9H2,1-3H3. The molecule has 1 aliphatic rings. The summed E-state index contributed by atoms with van der Waals surface area (Å²) >= 11 is 0. The molecule has 20 heavy (non-hydrogen) atoms. The van der Waals surface area contributed by atoms with E-state index in [1.54, 1.807) is 0 Å². The second-order valence-electron chi connectivity index (χ2n) is 6.45. The summed E-state index contributed by atoms with van der Waals surface area (Å²) < 4.78 is 5.97. The number of hydrogen-bond acceptors (Lipinski definition) is 2. The van der Waals surface area contributed by atoms with Crippen molar-refractivity contribution in [3.8, 4) is 0 Å². The highest BCUT2D eigenvalue weighted by atomic mass is 16.3. The quantitative estimate of drug-likeness (QED) is 0.858. The van der Waals surface area contributed by atoms with Crippen molar-refractivity contribution in [2.75, 3.05) is 0 Å². The first-order valence-electron chi connectivity index (χ1n) is 7.89. The van der Waals surface area contributed by atoms with Gasteiger partial charge in [-0.2, -0.15) is 0 Å². The van der Waals surface area contributed by atoms with E-state index in [-0.39, 0.29) is 6.04 Å². The lowest BCUT2D eigenvalue weighted by Gasteiger charge is -2.36. The van der Waals surface area contributed by atoms with E-state index in [1.165, 1.54) is 24.6 Å². The number of furan rings is 1. The SMILES string of the molecule is CC(NC1CCCC(C)C1C)c1cc2ccccc2o1. The van der Waals surface area contributed by atoms with Crippen molar-refractivity contribution in [1.29, 1.82) is 0 Å². The monoisotopic (exact) mass is 271 g/mol. The molecule has 1 aromatic heterocycles. The first kappa shape index (κ1) is 13.7. The lowest BCUT2D eigenvalue weighted by atomic mass is 9.78. The molecule has 0 amide bonds. The molecule has 108 valence electrons. The Bertz CT molecular complexity index is 541. The van der Waals surface area contributed by atoms with Crippen molar-refractivity contribution >= 4 is 11.0 Å². The second kappa shape index (κ2) is 5.61. The molecule has 1 aliphatic carbocycles. The Hall–Kier alpha value is -1.28. The smallest absolute Gasteiger partial charge is 0.134 e. The van der Waals surface area contributed by atoms with Crippen molar-refractivity contribution in [3.63, 3.8) is 0 Å². The average Bonchev–Trinajstić information content (AvgIpc) is 2.88. The Labute approximate surface area is 121 Å². The van der Waals surface area contributed by atoms with Crippen LogP contribution in [0.4, 0.5) is 0 Å². The molecule has 4 atom stereocenters. The first-order chi connectivity index (χ1) is 9.65. The summed E-state index contributed by atoms with van der Waals surface area (Å²) in [7, 11) is 0. The summed E-state index contributed by atoms with van der Waals surface area (Å²) in [6.07, 6.45) is 4.00. The van der Waals surface area contributed by atoms with Crippen LogP contribution in [0.3, 0.4) is 0 Å². The normalized spacial score (nSPS) is 28.6. The molecule has 2 heteroatoms. The Balaban J connectivity index is 1.73. The summed E-state index contributed by atoms with van der Waals surface area (Å²) in [5.41, 5.74) is 0.987. The van der Waals surface area contributed by atoms with Gasteiger partial charge in [-0.25, -0.2) is 0 Å². The maximum atomic E-state index is 5.97. The van der Waals surface area contributed by atoms with Crippen LogP contribution in [0, 0.1) is 11.8 Å². The predicted molar refractivity (Wildman–Crippen MR) is 83.7 cm³/mol. The number of para-hydroxylation sites is 1. The molecular formula is C18H25NO. The number of benzene rings is 1. The Morgan fingerprint density at radius 2 is 2.00 bits per heavy atom. The van der Waals surface area contributed by atoms with Gasteiger partial charge in [-0.1, -0.05) is 44.9 Å². The fourth-order valence-corrected chi connectivity index (χ4v) is 3.44. The van der Waals surface area contributed by atoms with Crippen molar-refractivity contribution in [1.82, 2.24) is 5.32 Å². The van der Waals surface area contributed by atoms with E-state index in [2.05, 4.69) is 44.3 Å². The van der Waals surface area contributed by atoms with E-state index in [4.69, 9.17) is 4.42 Å². The van der Waals surface area contributed by atoms with Crippen molar-refractivity contribution in [3.05, 3.63) is 36.1 Å². The summed E-state index contributed by atoms with van der Waals surface area (Å²) in [6.45, 7) is 6.97.